The molecule has 1 fully saturated rings. The van der Waals surface area contributed by atoms with Gasteiger partial charge >= 0.3 is 6.16 Å². The zero-order valence-corrected chi connectivity index (χ0v) is 20.9. The largest absolute Gasteiger partial charge is 0.513 e. The van der Waals surface area contributed by atoms with Crippen molar-refractivity contribution in [3.05, 3.63) is 40.1 Å². The number of methoxy groups -OCH3 is 2. The Kier molecular flexibility index (Phi) is 7.83. The van der Waals surface area contributed by atoms with Gasteiger partial charge in [0.2, 0.25) is 0 Å². The van der Waals surface area contributed by atoms with Gasteiger partial charge in [-0.05, 0) is 74.8 Å². The van der Waals surface area contributed by atoms with Gasteiger partial charge in [-0.2, -0.15) is 0 Å². The maximum atomic E-state index is 13.6. The summed E-state index contributed by atoms with van der Waals surface area (Å²) in [6, 6.07) is 3.89. The molecule has 34 heavy (non-hydrogen) atoms. The van der Waals surface area contributed by atoms with Gasteiger partial charge in [-0.25, -0.2) is 4.79 Å². The first-order valence-electron chi connectivity index (χ1n) is 11.5. The van der Waals surface area contributed by atoms with E-state index in [0.29, 0.717) is 50.1 Å². The van der Waals surface area contributed by atoms with Crippen molar-refractivity contribution in [3.8, 4) is 11.8 Å². The Hall–Kier alpha value is -3.11. The fraction of sp³-hybridized carbons (Fsp3) is 0.519. The minimum Gasteiger partial charge on any atom is -0.437 e. The summed E-state index contributed by atoms with van der Waals surface area (Å²) in [6.45, 7) is 8.44. The van der Waals surface area contributed by atoms with Gasteiger partial charge in [0.05, 0.1) is 12.7 Å². The number of likely N-dealkylation sites (tertiary alicyclic amines) is 1. The fourth-order valence-corrected chi connectivity index (χ4v) is 5.07. The molecule has 0 radical (unpaired) electrons. The predicted octanol–water partition coefficient (Wildman–Crippen LogP) is 4.18. The summed E-state index contributed by atoms with van der Waals surface area (Å²) >= 11 is 0. The van der Waals surface area contributed by atoms with Crippen molar-refractivity contribution in [1.82, 2.24) is 4.90 Å². The normalized spacial score (nSPS) is 18.3. The highest BCUT2D eigenvalue weighted by molar-refractivity contribution is 6.23. The summed E-state index contributed by atoms with van der Waals surface area (Å²) in [5.41, 5.74) is 3.52. The lowest BCUT2D eigenvalue weighted by molar-refractivity contribution is -0.143. The van der Waals surface area contributed by atoms with Crippen LogP contribution in [0.15, 0.2) is 17.9 Å². The predicted molar refractivity (Wildman–Crippen MR) is 128 cm³/mol. The van der Waals surface area contributed by atoms with Crippen LogP contribution in [0.1, 0.15) is 61.8 Å². The van der Waals surface area contributed by atoms with Crippen LogP contribution in [0.4, 0.5) is 4.79 Å². The van der Waals surface area contributed by atoms with Crippen LogP contribution in [0.25, 0.3) is 5.57 Å². The lowest BCUT2D eigenvalue weighted by atomic mass is 9.66. The number of ketones is 1. The quantitative estimate of drug-likeness (QED) is 0.488. The average molecular weight is 468 g/mol. The minimum atomic E-state index is -0.845. The first kappa shape index (κ1) is 25.5. The molecule has 1 spiro atoms. The molecule has 0 bridgehead atoms. The third kappa shape index (κ3) is 5.18. The Labute approximate surface area is 201 Å². The summed E-state index contributed by atoms with van der Waals surface area (Å²) in [4.78, 5) is 40.0. The second-order valence-electron chi connectivity index (χ2n) is 9.19. The zero-order valence-electron chi connectivity index (χ0n) is 20.9. The molecule has 1 aromatic carbocycles. The van der Waals surface area contributed by atoms with Crippen molar-refractivity contribution < 1.29 is 28.6 Å². The third-order valence-corrected chi connectivity index (χ3v) is 6.89. The Morgan fingerprint density at radius 2 is 1.71 bits per heavy atom. The minimum absolute atomic E-state index is 0.0525. The topological polar surface area (TPSA) is 82.1 Å². The molecule has 182 valence electrons. The molecule has 1 amide bonds. The number of benzene rings is 1. The molecule has 3 rings (SSSR count). The number of aryl methyl sites for hydroxylation is 2. The number of hydrogen-bond donors (Lipinski definition) is 0. The molecule has 7 heteroatoms. The van der Waals surface area contributed by atoms with E-state index >= 15 is 0 Å². The summed E-state index contributed by atoms with van der Waals surface area (Å²) in [5, 5.41) is 0. The number of Topliss-reactive ketones (excluding diaryl/α,β-unsaturated/α-hetero) is 1. The highest BCUT2D eigenvalue weighted by Crippen LogP contribution is 2.48. The smallest absolute Gasteiger partial charge is 0.437 e. The van der Waals surface area contributed by atoms with E-state index in [-0.39, 0.29) is 17.1 Å². The molecule has 0 N–H and O–H groups in total. The lowest BCUT2D eigenvalue weighted by Gasteiger charge is -2.44. The van der Waals surface area contributed by atoms with E-state index < -0.39 is 12.3 Å². The molecule has 1 aliphatic carbocycles. The van der Waals surface area contributed by atoms with Gasteiger partial charge < -0.3 is 19.1 Å². The molecule has 1 atom stereocenters. The van der Waals surface area contributed by atoms with Crippen LogP contribution in [0.2, 0.25) is 0 Å². The number of rotatable bonds is 4. The van der Waals surface area contributed by atoms with Crippen LogP contribution in [0, 0.1) is 31.1 Å². The Bertz CT molecular complexity index is 1060. The number of allylic oxidation sites excluding steroid dienone is 2. The maximum Gasteiger partial charge on any atom is 0.513 e. The Balaban J connectivity index is 1.98. The SMILES string of the molecule is CC#Cc1cc(C)c(C2=C(OC(=O)OC)CC3(CCN(C(=O)C(C)OC)CC3)CC2=O)c(C)c1. The van der Waals surface area contributed by atoms with E-state index in [1.54, 1.807) is 18.7 Å². The molecule has 2 aliphatic rings. The number of amides is 1. The van der Waals surface area contributed by atoms with Crippen LogP contribution in [-0.2, 0) is 23.8 Å². The van der Waals surface area contributed by atoms with Crippen molar-refractivity contribution >= 4 is 23.4 Å². The molecule has 1 unspecified atom stereocenters. The van der Waals surface area contributed by atoms with E-state index in [9.17, 15) is 14.4 Å². The van der Waals surface area contributed by atoms with E-state index in [2.05, 4.69) is 11.8 Å². The van der Waals surface area contributed by atoms with Crippen molar-refractivity contribution in [2.24, 2.45) is 5.41 Å². The van der Waals surface area contributed by atoms with Crippen LogP contribution in [0.3, 0.4) is 0 Å². The molecule has 1 saturated heterocycles. The average Bonchev–Trinajstić information content (AvgIpc) is 2.80. The first-order valence-corrected chi connectivity index (χ1v) is 11.5. The summed E-state index contributed by atoms with van der Waals surface area (Å²) in [5.74, 6) is 6.19. The number of hydrogen-bond acceptors (Lipinski definition) is 6. The summed E-state index contributed by atoms with van der Waals surface area (Å²) in [6.07, 6.45) is 0.713. The third-order valence-electron chi connectivity index (χ3n) is 6.89. The van der Waals surface area contributed by atoms with Crippen LogP contribution in [0.5, 0.6) is 0 Å². The summed E-state index contributed by atoms with van der Waals surface area (Å²) in [7, 11) is 2.76. The lowest BCUT2D eigenvalue weighted by Crippen LogP contribution is -2.48. The fourth-order valence-electron chi connectivity index (χ4n) is 5.07. The monoisotopic (exact) mass is 467 g/mol. The van der Waals surface area contributed by atoms with E-state index in [1.807, 2.05) is 26.0 Å². The molecule has 1 heterocycles. The van der Waals surface area contributed by atoms with Gasteiger partial charge in [0.15, 0.2) is 5.78 Å². The van der Waals surface area contributed by atoms with Crippen molar-refractivity contribution in [2.45, 2.75) is 59.5 Å². The zero-order chi connectivity index (χ0) is 25.0. The van der Waals surface area contributed by atoms with E-state index in [0.717, 1.165) is 22.3 Å². The number of nitrogens with zero attached hydrogens (tertiary/aromatic N) is 1. The van der Waals surface area contributed by atoms with Gasteiger partial charge in [-0.15, -0.1) is 5.92 Å². The van der Waals surface area contributed by atoms with Crippen molar-refractivity contribution in [1.29, 1.82) is 0 Å². The first-order chi connectivity index (χ1) is 16.1. The molecule has 0 aromatic heterocycles. The number of carbonyl (C=O) groups excluding carboxylic acids is 3. The highest BCUT2D eigenvalue weighted by atomic mass is 16.7. The molecular weight excluding hydrogens is 434 g/mol. The second kappa shape index (κ2) is 10.4. The van der Waals surface area contributed by atoms with Gasteiger partial charge in [-0.1, -0.05) is 5.92 Å². The van der Waals surface area contributed by atoms with Gasteiger partial charge in [0, 0.05) is 38.6 Å². The molecular formula is C27H33NO6. The second-order valence-corrected chi connectivity index (χ2v) is 9.19. The van der Waals surface area contributed by atoms with Crippen LogP contribution >= 0.6 is 0 Å². The number of piperidine rings is 1. The van der Waals surface area contributed by atoms with Crippen molar-refractivity contribution in [3.63, 3.8) is 0 Å². The Morgan fingerprint density at radius 1 is 1.09 bits per heavy atom. The van der Waals surface area contributed by atoms with E-state index in [4.69, 9.17) is 14.2 Å². The van der Waals surface area contributed by atoms with Crippen molar-refractivity contribution in [2.75, 3.05) is 27.3 Å². The highest BCUT2D eigenvalue weighted by Gasteiger charge is 2.45. The molecule has 7 nitrogen and oxygen atoms in total. The Morgan fingerprint density at radius 3 is 2.24 bits per heavy atom. The standard InChI is InChI=1S/C27H33NO6/c1-7-8-20-13-17(2)23(18(3)14-20)24-21(29)15-27(16-22(24)34-26(31)33-6)9-11-28(12-10-27)25(30)19(4)32-5/h13-14,19H,9-12,15-16H2,1-6H3. The van der Waals surface area contributed by atoms with Crippen LogP contribution < -0.4 is 0 Å². The summed E-state index contributed by atoms with van der Waals surface area (Å²) < 4.78 is 15.5. The number of ether oxygens (including phenoxy) is 3. The van der Waals surface area contributed by atoms with Crippen LogP contribution in [-0.4, -0.2) is 56.2 Å². The van der Waals surface area contributed by atoms with Gasteiger partial charge in [-0.3, -0.25) is 9.59 Å². The molecule has 0 saturated carbocycles. The van der Waals surface area contributed by atoms with E-state index in [1.165, 1.54) is 14.2 Å². The number of carbonyl (C=O) groups is 3. The molecule has 1 aliphatic heterocycles. The maximum absolute atomic E-state index is 13.6. The molecule has 1 aromatic rings. The van der Waals surface area contributed by atoms with Gasteiger partial charge in [0.25, 0.3) is 5.91 Å². The van der Waals surface area contributed by atoms with Gasteiger partial charge in [0.1, 0.15) is 11.9 Å².